The molecule has 0 radical (unpaired) electrons. The van der Waals surface area contributed by atoms with Crippen molar-refractivity contribution in [2.45, 2.75) is 31.3 Å². The van der Waals surface area contributed by atoms with Gasteiger partial charge in [0.15, 0.2) is 0 Å². The molecule has 3 fully saturated rings. The second-order valence-electron chi connectivity index (χ2n) is 7.09. The number of hydrogen-bond donors (Lipinski definition) is 2. The molecule has 5 rings (SSSR count). The number of carbonyl (C=O) groups excluding carboxylic acids is 2. The van der Waals surface area contributed by atoms with Gasteiger partial charge in [-0.05, 0) is 31.4 Å². The van der Waals surface area contributed by atoms with Crippen molar-refractivity contribution >= 4 is 28.8 Å². The number of nitrogens with zero attached hydrogens (tertiary/aromatic N) is 3. The van der Waals surface area contributed by atoms with Gasteiger partial charge < -0.3 is 20.5 Å². The predicted octanol–water partition coefficient (Wildman–Crippen LogP) is 0.861. The number of likely N-dealkylation sites (tertiary alicyclic amines) is 1. The maximum Gasteiger partial charge on any atom is 0.250 e. The van der Waals surface area contributed by atoms with Crippen LogP contribution in [0.25, 0.3) is 11.0 Å². The molecule has 1 aromatic carbocycles. The first-order chi connectivity index (χ1) is 11.6. The Labute approximate surface area is 138 Å². The predicted molar refractivity (Wildman–Crippen MR) is 88.6 cm³/mol. The van der Waals surface area contributed by atoms with Gasteiger partial charge in [-0.2, -0.15) is 0 Å². The van der Waals surface area contributed by atoms with Gasteiger partial charge in [-0.25, -0.2) is 4.98 Å². The van der Waals surface area contributed by atoms with Gasteiger partial charge in [0.1, 0.15) is 5.52 Å². The minimum absolute atomic E-state index is 0.280. The van der Waals surface area contributed by atoms with E-state index in [-0.39, 0.29) is 12.0 Å². The van der Waals surface area contributed by atoms with Gasteiger partial charge in [0.25, 0.3) is 5.91 Å². The monoisotopic (exact) mass is 325 g/mol. The molecule has 2 amide bonds. The molecule has 2 bridgehead atoms. The number of rotatable bonds is 3. The molecule has 7 heteroatoms. The minimum Gasteiger partial charge on any atom is -0.366 e. The van der Waals surface area contributed by atoms with E-state index in [1.165, 1.54) is 0 Å². The summed E-state index contributed by atoms with van der Waals surface area (Å²) in [7, 11) is 0. The molecule has 3 heterocycles. The third-order valence-electron chi connectivity index (χ3n) is 5.49. The Balaban J connectivity index is 1.43. The maximum absolute atomic E-state index is 12.3. The van der Waals surface area contributed by atoms with Crippen LogP contribution in [0.15, 0.2) is 18.2 Å². The van der Waals surface area contributed by atoms with E-state index in [1.807, 2.05) is 6.07 Å². The summed E-state index contributed by atoms with van der Waals surface area (Å²) in [6.45, 7) is 1.58. The molecule has 2 aromatic rings. The highest BCUT2D eigenvalue weighted by atomic mass is 16.2. The molecule has 3 aliphatic rings. The maximum atomic E-state index is 12.3. The van der Waals surface area contributed by atoms with E-state index in [0.717, 1.165) is 43.8 Å². The first-order valence-corrected chi connectivity index (χ1v) is 8.47. The number of anilines is 1. The lowest BCUT2D eigenvalue weighted by atomic mass is 10.2. The number of para-hydroxylation sites is 1. The van der Waals surface area contributed by atoms with Crippen LogP contribution in [0.5, 0.6) is 0 Å². The van der Waals surface area contributed by atoms with Gasteiger partial charge in [0, 0.05) is 19.0 Å². The molecule has 1 aromatic heterocycles. The lowest BCUT2D eigenvalue weighted by Crippen LogP contribution is -2.49. The van der Waals surface area contributed by atoms with Crippen LogP contribution >= 0.6 is 0 Å². The highest BCUT2D eigenvalue weighted by molar-refractivity contribution is 6.04. The number of aromatic nitrogens is 2. The van der Waals surface area contributed by atoms with E-state index in [9.17, 15) is 9.59 Å². The Morgan fingerprint density at radius 3 is 2.71 bits per heavy atom. The molecule has 1 aliphatic carbocycles. The average molecular weight is 325 g/mol. The van der Waals surface area contributed by atoms with Crippen molar-refractivity contribution in [2.75, 3.05) is 18.0 Å². The second kappa shape index (κ2) is 4.72. The normalized spacial score (nSPS) is 25.7. The van der Waals surface area contributed by atoms with Crippen LogP contribution in [0.2, 0.25) is 0 Å². The van der Waals surface area contributed by atoms with Crippen molar-refractivity contribution in [3.63, 3.8) is 0 Å². The molecule has 124 valence electrons. The highest BCUT2D eigenvalue weighted by Gasteiger charge is 2.48. The van der Waals surface area contributed by atoms with E-state index in [0.29, 0.717) is 23.0 Å². The molecule has 24 heavy (non-hydrogen) atoms. The van der Waals surface area contributed by atoms with Gasteiger partial charge >= 0.3 is 0 Å². The van der Waals surface area contributed by atoms with Crippen molar-refractivity contribution in [2.24, 2.45) is 11.7 Å². The van der Waals surface area contributed by atoms with Gasteiger partial charge in [0.2, 0.25) is 11.9 Å². The molecule has 1 saturated carbocycles. The lowest BCUT2D eigenvalue weighted by molar-refractivity contribution is -0.133. The number of carbonyl (C=O) groups is 2. The number of hydrogen-bond acceptors (Lipinski definition) is 4. The third kappa shape index (κ3) is 1.93. The number of nitrogens with one attached hydrogen (secondary N) is 1. The van der Waals surface area contributed by atoms with E-state index in [1.54, 1.807) is 12.1 Å². The number of H-pyrrole nitrogens is 1. The Hall–Kier alpha value is -2.57. The van der Waals surface area contributed by atoms with Crippen LogP contribution in [-0.4, -0.2) is 51.9 Å². The summed E-state index contributed by atoms with van der Waals surface area (Å²) < 4.78 is 0. The highest BCUT2D eigenvalue weighted by Crippen LogP contribution is 2.39. The first kappa shape index (κ1) is 13.8. The van der Waals surface area contributed by atoms with E-state index in [2.05, 4.69) is 19.8 Å². The zero-order valence-electron chi connectivity index (χ0n) is 13.2. The summed E-state index contributed by atoms with van der Waals surface area (Å²) in [5.74, 6) is 0.914. The molecular weight excluding hydrogens is 306 g/mol. The first-order valence-electron chi connectivity index (χ1n) is 8.47. The Morgan fingerprint density at radius 2 is 2.04 bits per heavy atom. The Bertz CT molecular complexity index is 856. The van der Waals surface area contributed by atoms with Crippen LogP contribution in [0.1, 0.15) is 29.6 Å². The number of amides is 2. The Kier molecular flexibility index (Phi) is 2.72. The molecule has 0 spiro atoms. The number of piperazine rings is 1. The zero-order valence-corrected chi connectivity index (χ0v) is 13.2. The van der Waals surface area contributed by atoms with Crippen LogP contribution in [0.3, 0.4) is 0 Å². The number of aromatic amines is 1. The number of imidazole rings is 1. The molecule has 3 N–H and O–H groups in total. The summed E-state index contributed by atoms with van der Waals surface area (Å²) in [6, 6.07) is 5.98. The molecule has 2 saturated heterocycles. The summed E-state index contributed by atoms with van der Waals surface area (Å²) >= 11 is 0. The summed E-state index contributed by atoms with van der Waals surface area (Å²) in [5, 5.41) is 0. The van der Waals surface area contributed by atoms with Crippen molar-refractivity contribution in [1.29, 1.82) is 0 Å². The topological polar surface area (TPSA) is 95.3 Å². The van der Waals surface area contributed by atoms with Crippen molar-refractivity contribution in [3.05, 3.63) is 23.8 Å². The van der Waals surface area contributed by atoms with Gasteiger partial charge in [-0.15, -0.1) is 0 Å². The molecule has 2 aliphatic heterocycles. The quantitative estimate of drug-likeness (QED) is 0.875. The number of primary amides is 1. The van der Waals surface area contributed by atoms with Gasteiger partial charge in [-0.3, -0.25) is 9.59 Å². The van der Waals surface area contributed by atoms with E-state index < -0.39 is 5.91 Å². The number of nitrogens with two attached hydrogens (primary N) is 1. The molecule has 2 atom stereocenters. The summed E-state index contributed by atoms with van der Waals surface area (Å²) in [4.78, 5) is 36.1. The van der Waals surface area contributed by atoms with Gasteiger partial charge in [-0.1, -0.05) is 6.07 Å². The largest absolute Gasteiger partial charge is 0.366 e. The zero-order chi connectivity index (χ0) is 16.4. The Morgan fingerprint density at radius 1 is 1.21 bits per heavy atom. The van der Waals surface area contributed by atoms with Crippen molar-refractivity contribution in [3.8, 4) is 0 Å². The fourth-order valence-corrected chi connectivity index (χ4v) is 4.12. The third-order valence-corrected chi connectivity index (χ3v) is 5.49. The van der Waals surface area contributed by atoms with E-state index in [4.69, 9.17) is 5.73 Å². The minimum atomic E-state index is -0.470. The molecule has 7 nitrogen and oxygen atoms in total. The second-order valence-corrected chi connectivity index (χ2v) is 7.09. The van der Waals surface area contributed by atoms with E-state index >= 15 is 0 Å². The van der Waals surface area contributed by atoms with Crippen LogP contribution in [0.4, 0.5) is 5.95 Å². The lowest BCUT2D eigenvalue weighted by Gasteiger charge is -2.34. The number of benzene rings is 1. The van der Waals surface area contributed by atoms with Gasteiger partial charge in [0.05, 0.1) is 23.2 Å². The molecular formula is C17H19N5O2. The molecule has 0 unspecified atom stereocenters. The van der Waals surface area contributed by atoms with Crippen molar-refractivity contribution in [1.82, 2.24) is 14.9 Å². The van der Waals surface area contributed by atoms with Crippen LogP contribution < -0.4 is 10.6 Å². The number of fused-ring (bicyclic) bond motifs is 3. The fourth-order valence-electron chi connectivity index (χ4n) is 4.12. The average Bonchev–Trinajstić information content (AvgIpc) is 3.03. The fraction of sp³-hybridized carbons (Fsp3) is 0.471. The van der Waals surface area contributed by atoms with Crippen LogP contribution in [0, 0.1) is 5.92 Å². The van der Waals surface area contributed by atoms with Crippen LogP contribution in [-0.2, 0) is 4.79 Å². The smallest absolute Gasteiger partial charge is 0.250 e. The summed E-state index contributed by atoms with van der Waals surface area (Å²) in [5.41, 5.74) is 7.31. The summed E-state index contributed by atoms with van der Waals surface area (Å²) in [6.07, 6.45) is 3.10. The SMILES string of the molecule is NC(=O)c1cccc2[nH]c(N3C[C@@H]4C[C@@H]3CN4C(=O)C3CC3)nc12. The standard InChI is InChI=1S/C17H19N5O2/c18-15(23)12-2-1-3-13-14(12)20-17(19-13)22-8-10-6-11(22)7-21(10)16(24)9-4-5-9/h1-3,9-11H,4-8H2,(H2,18,23)(H,19,20)/t10-,11+/m0/s1. The van der Waals surface area contributed by atoms with Crippen molar-refractivity contribution < 1.29 is 9.59 Å².